The van der Waals surface area contributed by atoms with Crippen molar-refractivity contribution in [1.29, 1.82) is 0 Å². The van der Waals surface area contributed by atoms with E-state index < -0.39 is 0 Å². The summed E-state index contributed by atoms with van der Waals surface area (Å²) in [5, 5.41) is 3.31. The third kappa shape index (κ3) is 4.89. The maximum atomic E-state index is 12.6. The zero-order valence-electron chi connectivity index (χ0n) is 17.7. The predicted octanol–water partition coefficient (Wildman–Crippen LogP) is 2.06. The first kappa shape index (κ1) is 21.1. The highest BCUT2D eigenvalue weighted by atomic mass is 16.5. The minimum atomic E-state index is -0.160. The normalized spacial score (nSPS) is 21.3. The van der Waals surface area contributed by atoms with Gasteiger partial charge in [0.2, 0.25) is 5.91 Å². The van der Waals surface area contributed by atoms with Crippen molar-refractivity contribution in [1.82, 2.24) is 10.2 Å². The van der Waals surface area contributed by atoms with Crippen LogP contribution in [0, 0.1) is 11.8 Å². The number of aliphatic imine (C=N–C) groups is 1. The standard InChI is InChI=1S/C22H32N4O3/c1-4-23-22(25-14-16(2)18(15-25)21(28)29-3)24-12-7-10-20(27)26-13-11-17-8-5-6-9-19(17)26/h5-6,8-9,16,18H,4,7,10-15H2,1-3H3,(H,23,24). The molecule has 3 rings (SSSR count). The van der Waals surface area contributed by atoms with Crippen LogP contribution in [0.4, 0.5) is 5.69 Å². The van der Waals surface area contributed by atoms with Gasteiger partial charge in [-0.05, 0) is 37.3 Å². The van der Waals surface area contributed by atoms with Crippen molar-refractivity contribution in [2.75, 3.05) is 44.7 Å². The highest BCUT2D eigenvalue weighted by Crippen LogP contribution is 2.28. The largest absolute Gasteiger partial charge is 0.469 e. The smallest absolute Gasteiger partial charge is 0.310 e. The number of carbonyl (C=O) groups excluding carboxylic acids is 2. The Bertz CT molecular complexity index is 764. The van der Waals surface area contributed by atoms with E-state index in [1.54, 1.807) is 0 Å². The Morgan fingerprint density at radius 1 is 1.28 bits per heavy atom. The highest BCUT2D eigenvalue weighted by molar-refractivity contribution is 5.95. The number of para-hydroxylation sites is 1. The van der Waals surface area contributed by atoms with Crippen LogP contribution >= 0.6 is 0 Å². The second-order valence-corrected chi connectivity index (χ2v) is 7.78. The summed E-state index contributed by atoms with van der Waals surface area (Å²) in [6, 6.07) is 8.12. The lowest BCUT2D eigenvalue weighted by Crippen LogP contribution is -2.40. The number of nitrogens with zero attached hydrogens (tertiary/aromatic N) is 3. The number of esters is 1. The van der Waals surface area contributed by atoms with Crippen LogP contribution in [0.5, 0.6) is 0 Å². The Balaban J connectivity index is 1.52. The fraction of sp³-hybridized carbons (Fsp3) is 0.591. The molecule has 1 saturated heterocycles. The van der Waals surface area contributed by atoms with Crippen LogP contribution in [0.3, 0.4) is 0 Å². The van der Waals surface area contributed by atoms with Crippen LogP contribution in [0.15, 0.2) is 29.3 Å². The molecule has 2 unspecified atom stereocenters. The molecule has 0 aliphatic carbocycles. The Morgan fingerprint density at radius 3 is 2.83 bits per heavy atom. The Morgan fingerprint density at radius 2 is 2.07 bits per heavy atom. The topological polar surface area (TPSA) is 74.2 Å². The van der Waals surface area contributed by atoms with Crippen molar-refractivity contribution in [3.63, 3.8) is 0 Å². The van der Waals surface area contributed by atoms with E-state index in [1.807, 2.05) is 30.0 Å². The van der Waals surface area contributed by atoms with E-state index in [0.717, 1.165) is 37.7 Å². The number of nitrogens with one attached hydrogen (secondary N) is 1. The number of benzene rings is 1. The summed E-state index contributed by atoms with van der Waals surface area (Å²) in [6.45, 7) is 7.59. The minimum absolute atomic E-state index is 0.124. The first-order valence-corrected chi connectivity index (χ1v) is 10.5. The molecule has 1 aromatic rings. The molecule has 29 heavy (non-hydrogen) atoms. The highest BCUT2D eigenvalue weighted by Gasteiger charge is 2.36. The summed E-state index contributed by atoms with van der Waals surface area (Å²) in [5.74, 6) is 0.913. The van der Waals surface area contributed by atoms with Gasteiger partial charge in [0.25, 0.3) is 0 Å². The van der Waals surface area contributed by atoms with Gasteiger partial charge in [-0.1, -0.05) is 25.1 Å². The summed E-state index contributed by atoms with van der Waals surface area (Å²) in [4.78, 5) is 33.3. The predicted molar refractivity (Wildman–Crippen MR) is 114 cm³/mol. The van der Waals surface area contributed by atoms with Crippen molar-refractivity contribution in [3.8, 4) is 0 Å². The molecule has 2 aliphatic rings. The second kappa shape index (κ2) is 9.76. The van der Waals surface area contributed by atoms with Gasteiger partial charge in [0.15, 0.2) is 5.96 Å². The average molecular weight is 401 g/mol. The summed E-state index contributed by atoms with van der Waals surface area (Å²) in [7, 11) is 1.44. The lowest BCUT2D eigenvalue weighted by Gasteiger charge is -2.21. The second-order valence-electron chi connectivity index (χ2n) is 7.78. The van der Waals surface area contributed by atoms with Crippen LogP contribution in [-0.2, 0) is 20.7 Å². The van der Waals surface area contributed by atoms with E-state index in [1.165, 1.54) is 12.7 Å². The fourth-order valence-corrected chi connectivity index (χ4v) is 4.17. The molecule has 7 heteroatoms. The van der Waals surface area contributed by atoms with E-state index in [0.29, 0.717) is 25.9 Å². The summed E-state index contributed by atoms with van der Waals surface area (Å²) in [6.07, 6.45) is 2.12. The molecule has 2 aliphatic heterocycles. The molecule has 0 aromatic heterocycles. The molecule has 1 fully saturated rings. The summed E-state index contributed by atoms with van der Waals surface area (Å²) >= 11 is 0. The SMILES string of the molecule is CCNC(=NCCCC(=O)N1CCc2ccccc21)N1CC(C)C(C(=O)OC)C1. The molecule has 1 amide bonds. The average Bonchev–Trinajstić information content (AvgIpc) is 3.33. The minimum Gasteiger partial charge on any atom is -0.469 e. The van der Waals surface area contributed by atoms with Gasteiger partial charge in [-0.3, -0.25) is 14.6 Å². The number of methoxy groups -OCH3 is 1. The first-order valence-electron chi connectivity index (χ1n) is 10.5. The number of carbonyl (C=O) groups is 2. The molecule has 2 heterocycles. The van der Waals surface area contributed by atoms with Crippen LogP contribution in [-0.4, -0.2) is 62.6 Å². The number of hydrogen-bond acceptors (Lipinski definition) is 4. The number of guanidine groups is 1. The van der Waals surface area contributed by atoms with Gasteiger partial charge >= 0.3 is 5.97 Å². The van der Waals surface area contributed by atoms with Crippen molar-refractivity contribution in [2.24, 2.45) is 16.8 Å². The van der Waals surface area contributed by atoms with E-state index >= 15 is 0 Å². The summed E-state index contributed by atoms with van der Waals surface area (Å²) in [5.41, 5.74) is 2.30. The van der Waals surface area contributed by atoms with Crippen molar-refractivity contribution < 1.29 is 14.3 Å². The maximum Gasteiger partial charge on any atom is 0.310 e. The van der Waals surface area contributed by atoms with E-state index in [9.17, 15) is 9.59 Å². The van der Waals surface area contributed by atoms with Crippen molar-refractivity contribution in [3.05, 3.63) is 29.8 Å². The van der Waals surface area contributed by atoms with E-state index in [-0.39, 0.29) is 23.7 Å². The Labute approximate surface area is 173 Å². The van der Waals surface area contributed by atoms with E-state index in [4.69, 9.17) is 9.73 Å². The third-order valence-corrected chi connectivity index (χ3v) is 5.75. The molecule has 0 bridgehead atoms. The van der Waals surface area contributed by atoms with Crippen molar-refractivity contribution >= 4 is 23.5 Å². The van der Waals surface area contributed by atoms with Gasteiger partial charge in [0.1, 0.15) is 0 Å². The van der Waals surface area contributed by atoms with Gasteiger partial charge in [-0.15, -0.1) is 0 Å². The monoisotopic (exact) mass is 400 g/mol. The number of fused-ring (bicyclic) bond motifs is 1. The molecule has 1 N–H and O–H groups in total. The molecule has 0 radical (unpaired) electrons. The molecular weight excluding hydrogens is 368 g/mol. The number of anilines is 1. The van der Waals surface area contributed by atoms with Gasteiger partial charge in [-0.25, -0.2) is 0 Å². The van der Waals surface area contributed by atoms with Crippen LogP contribution in [0.25, 0.3) is 0 Å². The van der Waals surface area contributed by atoms with Gasteiger partial charge in [0, 0.05) is 44.8 Å². The first-order chi connectivity index (χ1) is 14.0. The molecule has 7 nitrogen and oxygen atoms in total. The third-order valence-electron chi connectivity index (χ3n) is 5.75. The molecule has 0 spiro atoms. The Hall–Kier alpha value is -2.57. The lowest BCUT2D eigenvalue weighted by atomic mass is 9.99. The quantitative estimate of drug-likeness (QED) is 0.342. The zero-order chi connectivity index (χ0) is 20.8. The summed E-state index contributed by atoms with van der Waals surface area (Å²) < 4.78 is 4.92. The lowest BCUT2D eigenvalue weighted by molar-refractivity contribution is -0.146. The van der Waals surface area contributed by atoms with Gasteiger partial charge in [-0.2, -0.15) is 0 Å². The number of rotatable bonds is 6. The number of likely N-dealkylation sites (tertiary alicyclic amines) is 1. The fourth-order valence-electron chi connectivity index (χ4n) is 4.17. The van der Waals surface area contributed by atoms with Crippen molar-refractivity contribution in [2.45, 2.75) is 33.1 Å². The number of ether oxygens (including phenoxy) is 1. The zero-order valence-corrected chi connectivity index (χ0v) is 17.7. The molecule has 2 atom stereocenters. The number of amides is 1. The number of hydrogen-bond donors (Lipinski definition) is 1. The molecule has 158 valence electrons. The Kier molecular flexibility index (Phi) is 7.12. The maximum absolute atomic E-state index is 12.6. The van der Waals surface area contributed by atoms with Gasteiger partial charge < -0.3 is 19.9 Å². The van der Waals surface area contributed by atoms with Crippen LogP contribution < -0.4 is 10.2 Å². The van der Waals surface area contributed by atoms with Gasteiger partial charge in [0.05, 0.1) is 13.0 Å². The van der Waals surface area contributed by atoms with Crippen LogP contribution in [0.1, 0.15) is 32.3 Å². The van der Waals surface area contributed by atoms with E-state index in [2.05, 4.69) is 23.2 Å². The molecule has 0 saturated carbocycles. The molecule has 1 aromatic carbocycles. The molecular formula is C22H32N4O3. The van der Waals surface area contributed by atoms with Crippen LogP contribution in [0.2, 0.25) is 0 Å².